The predicted octanol–water partition coefficient (Wildman–Crippen LogP) is 5.67. The van der Waals surface area contributed by atoms with Crippen LogP contribution in [0.4, 0.5) is 5.69 Å². The van der Waals surface area contributed by atoms with Crippen molar-refractivity contribution in [3.8, 4) is 5.75 Å². The number of benzene rings is 2. The van der Waals surface area contributed by atoms with Crippen LogP contribution in [0.3, 0.4) is 0 Å². The Morgan fingerprint density at radius 1 is 0.929 bits per heavy atom. The van der Waals surface area contributed by atoms with Crippen LogP contribution in [0.2, 0.25) is 0 Å². The highest BCUT2D eigenvalue weighted by atomic mass is 35.5. The molecule has 11 heteroatoms. The van der Waals surface area contributed by atoms with E-state index in [0.29, 0.717) is 37.3 Å². The molecule has 0 bridgehead atoms. The maximum absolute atomic E-state index is 12.5. The average Bonchev–Trinajstić information content (AvgIpc) is 3.46. The second-order valence-electron chi connectivity index (χ2n) is 10.2. The van der Waals surface area contributed by atoms with Crippen molar-refractivity contribution in [1.29, 1.82) is 0 Å². The molecule has 0 saturated carbocycles. The van der Waals surface area contributed by atoms with Gasteiger partial charge in [-0.2, -0.15) is 0 Å². The molecule has 0 amide bonds. The van der Waals surface area contributed by atoms with Crippen LogP contribution in [0.1, 0.15) is 32.1 Å². The van der Waals surface area contributed by atoms with Crippen molar-refractivity contribution in [2.75, 3.05) is 50.8 Å². The van der Waals surface area contributed by atoms with Gasteiger partial charge in [-0.1, -0.05) is 6.07 Å². The molecule has 1 fully saturated rings. The van der Waals surface area contributed by atoms with E-state index < -0.39 is 0 Å². The number of unbranched alkanes of at least 4 members (excludes halogenated alkanes) is 2. The van der Waals surface area contributed by atoms with E-state index in [-0.39, 0.29) is 43.1 Å². The number of carbonyl (C=O) groups excluding carboxylic acids is 1. The Kier molecular flexibility index (Phi) is 13.4. The molecule has 42 heavy (non-hydrogen) atoms. The molecule has 2 aromatic heterocycles. The summed E-state index contributed by atoms with van der Waals surface area (Å²) in [5.41, 5.74) is 7.31. The van der Waals surface area contributed by atoms with Crippen LogP contribution in [-0.2, 0) is 16.3 Å². The van der Waals surface area contributed by atoms with Crippen molar-refractivity contribution in [3.05, 3.63) is 70.3 Å². The number of anilines is 1. The lowest BCUT2D eigenvalue weighted by atomic mass is 10.2. The quantitative estimate of drug-likeness (QED) is 0.150. The van der Waals surface area contributed by atoms with Crippen molar-refractivity contribution in [3.63, 3.8) is 0 Å². The number of rotatable bonds is 13. The maximum Gasteiger partial charge on any atom is 0.307 e. The minimum atomic E-state index is -0.328. The van der Waals surface area contributed by atoms with Gasteiger partial charge in [-0.25, -0.2) is 0 Å². The molecule has 2 N–H and O–H groups in total. The third-order valence-electron chi connectivity index (χ3n) is 7.48. The van der Waals surface area contributed by atoms with Crippen molar-refractivity contribution in [1.82, 2.24) is 9.47 Å². The molecule has 0 unspecified atom stereocenters. The number of ether oxygens (including phenoxy) is 2. The molecule has 3 heterocycles. The molecule has 1 aliphatic heterocycles. The maximum atomic E-state index is 12.5. The number of fused-ring (bicyclic) bond motifs is 2. The number of carbonyl (C=O) groups is 1. The zero-order valence-electron chi connectivity index (χ0n) is 23.7. The molecule has 0 radical (unpaired) electrons. The number of hydrogen-bond donors (Lipinski definition) is 1. The monoisotopic (exact) mass is 634 g/mol. The van der Waals surface area contributed by atoms with E-state index in [2.05, 4.69) is 39.4 Å². The number of esters is 1. The van der Waals surface area contributed by atoms with Gasteiger partial charge in [0.25, 0.3) is 5.56 Å². The molecule has 8 nitrogen and oxygen atoms in total. The van der Waals surface area contributed by atoms with Gasteiger partial charge in [-0.05, 0) is 85.9 Å². The zero-order chi connectivity index (χ0) is 27.7. The second-order valence-corrected chi connectivity index (χ2v) is 11.2. The number of piperazine rings is 1. The van der Waals surface area contributed by atoms with E-state index in [0.717, 1.165) is 57.4 Å². The van der Waals surface area contributed by atoms with E-state index in [9.17, 15) is 9.59 Å². The molecular weight excluding hydrogens is 595 g/mol. The van der Waals surface area contributed by atoms with Gasteiger partial charge < -0.3 is 20.1 Å². The smallest absolute Gasteiger partial charge is 0.307 e. The lowest BCUT2D eigenvalue weighted by Crippen LogP contribution is -2.46. The summed E-state index contributed by atoms with van der Waals surface area (Å²) < 4.78 is 14.2. The van der Waals surface area contributed by atoms with Crippen LogP contribution < -0.4 is 20.9 Å². The summed E-state index contributed by atoms with van der Waals surface area (Å²) in [6.45, 7) is 6.34. The van der Waals surface area contributed by atoms with E-state index in [1.807, 2.05) is 18.2 Å². The van der Waals surface area contributed by atoms with Crippen LogP contribution in [0.15, 0.2) is 64.8 Å². The minimum absolute atomic E-state index is 0. The van der Waals surface area contributed by atoms with Gasteiger partial charge >= 0.3 is 5.97 Å². The zero-order valence-corrected chi connectivity index (χ0v) is 26.2. The summed E-state index contributed by atoms with van der Waals surface area (Å²) in [7, 11) is 0. The van der Waals surface area contributed by atoms with Crippen molar-refractivity contribution in [2.24, 2.45) is 5.73 Å². The SMILES string of the molecule is Cl.Cl.NCCCCC(=O)OCn1c(=O)ccc2ccc(OCCCCN3CCN(c4cccc5sccc45)CC3)cc21. The summed E-state index contributed by atoms with van der Waals surface area (Å²) in [6, 6.07) is 17.8. The molecule has 1 saturated heterocycles. The molecule has 0 atom stereocenters. The summed E-state index contributed by atoms with van der Waals surface area (Å²) in [4.78, 5) is 29.6. The Hall–Kier alpha value is -2.82. The fourth-order valence-corrected chi connectivity index (χ4v) is 6.01. The number of aromatic nitrogens is 1. The fraction of sp³-hybridized carbons (Fsp3) is 0.419. The molecule has 4 aromatic rings. The highest BCUT2D eigenvalue weighted by molar-refractivity contribution is 7.17. The van der Waals surface area contributed by atoms with Crippen LogP contribution in [0.5, 0.6) is 5.75 Å². The number of halogens is 2. The van der Waals surface area contributed by atoms with Crippen LogP contribution in [0, 0.1) is 0 Å². The first kappa shape index (κ1) is 33.7. The van der Waals surface area contributed by atoms with E-state index in [1.54, 1.807) is 17.4 Å². The van der Waals surface area contributed by atoms with Crippen molar-refractivity contribution in [2.45, 2.75) is 38.8 Å². The minimum Gasteiger partial charge on any atom is -0.494 e. The summed E-state index contributed by atoms with van der Waals surface area (Å²) >= 11 is 1.80. The first-order valence-electron chi connectivity index (χ1n) is 14.2. The molecule has 228 valence electrons. The Labute approximate surface area is 263 Å². The summed E-state index contributed by atoms with van der Waals surface area (Å²) in [5, 5.41) is 4.43. The lowest BCUT2D eigenvalue weighted by Gasteiger charge is -2.36. The first-order valence-corrected chi connectivity index (χ1v) is 15.1. The standard InChI is InChI=1S/C31H38N4O4S.2ClH/c32-14-2-1-8-31(37)39-23-35-28-22-25(11-9-24(28)10-12-30(35)36)38-20-4-3-15-33-16-18-34(19-17-33)27-6-5-7-29-26(27)13-21-40-29;;/h5-7,9-13,21-22H,1-4,8,14-20,23,32H2;2*1H. The van der Waals surface area contributed by atoms with E-state index in [1.165, 1.54) is 26.4 Å². The number of nitrogens with two attached hydrogens (primary N) is 1. The Morgan fingerprint density at radius 2 is 1.74 bits per heavy atom. The van der Waals surface area contributed by atoms with Gasteiger partial charge in [-0.15, -0.1) is 36.2 Å². The third-order valence-corrected chi connectivity index (χ3v) is 8.36. The Balaban J connectivity index is 0.00000242. The van der Waals surface area contributed by atoms with Gasteiger partial charge in [-0.3, -0.25) is 19.1 Å². The van der Waals surface area contributed by atoms with Gasteiger partial charge in [0.2, 0.25) is 0 Å². The van der Waals surface area contributed by atoms with Crippen molar-refractivity contribution < 1.29 is 14.3 Å². The first-order chi connectivity index (χ1) is 19.6. The topological polar surface area (TPSA) is 90.0 Å². The molecule has 0 aliphatic carbocycles. The molecule has 1 aliphatic rings. The highest BCUT2D eigenvalue weighted by Gasteiger charge is 2.18. The largest absolute Gasteiger partial charge is 0.494 e. The molecule has 5 rings (SSSR count). The Bertz CT molecular complexity index is 1490. The van der Waals surface area contributed by atoms with Crippen LogP contribution in [-0.4, -0.2) is 61.3 Å². The second kappa shape index (κ2) is 16.7. The molecular formula is C31H40Cl2N4O4S. The molecule has 2 aromatic carbocycles. The normalized spacial score (nSPS) is 13.5. The summed E-state index contributed by atoms with van der Waals surface area (Å²) in [6.07, 6.45) is 3.77. The average molecular weight is 636 g/mol. The Morgan fingerprint density at radius 3 is 2.55 bits per heavy atom. The number of pyridine rings is 1. The number of nitrogens with zero attached hydrogens (tertiary/aromatic N) is 3. The number of thiophene rings is 1. The third kappa shape index (κ3) is 8.61. The number of hydrogen-bond acceptors (Lipinski definition) is 8. The van der Waals surface area contributed by atoms with E-state index >= 15 is 0 Å². The predicted molar refractivity (Wildman–Crippen MR) is 177 cm³/mol. The van der Waals surface area contributed by atoms with Gasteiger partial charge in [0.15, 0.2) is 6.73 Å². The van der Waals surface area contributed by atoms with Gasteiger partial charge in [0.1, 0.15) is 5.75 Å². The van der Waals surface area contributed by atoms with Crippen molar-refractivity contribution >= 4 is 68.8 Å². The fourth-order valence-electron chi connectivity index (χ4n) is 5.21. The molecule has 0 spiro atoms. The summed E-state index contributed by atoms with van der Waals surface area (Å²) in [5.74, 6) is 0.378. The highest BCUT2D eigenvalue weighted by Crippen LogP contribution is 2.31. The van der Waals surface area contributed by atoms with E-state index in [4.69, 9.17) is 15.2 Å². The van der Waals surface area contributed by atoms with Gasteiger partial charge in [0.05, 0.1) is 12.1 Å². The van der Waals surface area contributed by atoms with Crippen LogP contribution >= 0.6 is 36.2 Å². The van der Waals surface area contributed by atoms with Crippen LogP contribution in [0.25, 0.3) is 21.0 Å². The van der Waals surface area contributed by atoms with Gasteiger partial charge in [0, 0.05) is 60.5 Å². The lowest BCUT2D eigenvalue weighted by molar-refractivity contribution is -0.147.